The van der Waals surface area contributed by atoms with Crippen LogP contribution in [0.3, 0.4) is 0 Å². The number of alkyl halides is 2. The quantitative estimate of drug-likeness (QED) is 0.0940. The summed E-state index contributed by atoms with van der Waals surface area (Å²) in [5, 5.41) is 7.89. The molecule has 0 saturated heterocycles. The zero-order chi connectivity index (χ0) is 35.1. The van der Waals surface area contributed by atoms with E-state index in [1.807, 2.05) is 0 Å². The molecule has 262 valence electrons. The largest absolute Gasteiger partial charge is 0.399 e. The number of rotatable bonds is 21. The third kappa shape index (κ3) is 13.5. The molecular formula is C32H53F2N4O7P. The van der Waals surface area contributed by atoms with Crippen LogP contribution in [0.15, 0.2) is 24.3 Å². The number of carbonyl (C=O) groups is 4. The van der Waals surface area contributed by atoms with Gasteiger partial charge >= 0.3 is 13.3 Å². The number of nitrogens with one attached hydrogen (secondary N) is 3. The van der Waals surface area contributed by atoms with Gasteiger partial charge < -0.3 is 30.6 Å². The molecule has 1 rings (SSSR count). The summed E-state index contributed by atoms with van der Waals surface area (Å²) in [6.07, 6.45) is 7.93. The zero-order valence-corrected chi connectivity index (χ0v) is 28.9. The van der Waals surface area contributed by atoms with E-state index in [2.05, 4.69) is 29.8 Å². The molecule has 0 aromatic heterocycles. The summed E-state index contributed by atoms with van der Waals surface area (Å²) >= 11 is 0. The highest BCUT2D eigenvalue weighted by Gasteiger charge is 2.50. The molecule has 0 aliphatic carbocycles. The fraction of sp³-hybridized carbons (Fsp3) is 0.688. The fourth-order valence-electron chi connectivity index (χ4n) is 4.92. The van der Waals surface area contributed by atoms with Gasteiger partial charge in [0.2, 0.25) is 23.6 Å². The topological polar surface area (TPSA) is 165 Å². The van der Waals surface area contributed by atoms with Crippen LogP contribution in [0.5, 0.6) is 0 Å². The molecule has 0 aliphatic heterocycles. The van der Waals surface area contributed by atoms with E-state index in [1.165, 1.54) is 19.1 Å². The molecule has 4 amide bonds. The average Bonchev–Trinajstić information content (AvgIpc) is 2.97. The first-order valence-corrected chi connectivity index (χ1v) is 17.8. The molecule has 5 N–H and O–H groups in total. The van der Waals surface area contributed by atoms with E-state index >= 15 is 0 Å². The SMILES string of the molecule is CCCCCCN(CCCCCC)C(=O)[C@H](C)NC(=O)[C@@H](NC(=O)[C@H](Cc1ccc(C(F)(F)P(=O)(O)O)cc1)NC(C)=O)C(C)C. The summed E-state index contributed by atoms with van der Waals surface area (Å²) in [6.45, 7) is 11.7. The summed E-state index contributed by atoms with van der Waals surface area (Å²) in [5.74, 6) is -2.41. The molecular weight excluding hydrogens is 621 g/mol. The van der Waals surface area contributed by atoms with Gasteiger partial charge in [0.25, 0.3) is 0 Å². The molecule has 1 aromatic carbocycles. The Morgan fingerprint density at radius 3 is 1.78 bits per heavy atom. The molecule has 46 heavy (non-hydrogen) atoms. The molecule has 1 aromatic rings. The number of carbonyl (C=O) groups excluding carboxylic acids is 4. The second-order valence-corrected chi connectivity index (χ2v) is 13.8. The summed E-state index contributed by atoms with van der Waals surface area (Å²) < 4.78 is 39.3. The number of halogens is 2. The highest BCUT2D eigenvalue weighted by molar-refractivity contribution is 7.52. The van der Waals surface area contributed by atoms with Gasteiger partial charge in [0.05, 0.1) is 0 Å². The molecule has 0 saturated carbocycles. The van der Waals surface area contributed by atoms with Crippen molar-refractivity contribution in [2.24, 2.45) is 5.92 Å². The number of amides is 4. The first-order valence-electron chi connectivity index (χ1n) is 16.2. The third-order valence-electron chi connectivity index (χ3n) is 7.65. The first-order chi connectivity index (χ1) is 21.5. The normalized spacial score (nSPS) is 13.9. The Balaban J connectivity index is 3.02. The van der Waals surface area contributed by atoms with Crippen LogP contribution in [0.1, 0.15) is 104 Å². The summed E-state index contributed by atoms with van der Waals surface area (Å²) in [6, 6.07) is 0.965. The zero-order valence-electron chi connectivity index (χ0n) is 28.0. The summed E-state index contributed by atoms with van der Waals surface area (Å²) in [4.78, 5) is 71.7. The van der Waals surface area contributed by atoms with Crippen LogP contribution < -0.4 is 16.0 Å². The number of nitrogens with zero attached hydrogens (tertiary/aromatic N) is 1. The molecule has 14 heteroatoms. The van der Waals surface area contributed by atoms with E-state index in [4.69, 9.17) is 9.79 Å². The van der Waals surface area contributed by atoms with Gasteiger partial charge in [-0.15, -0.1) is 0 Å². The van der Waals surface area contributed by atoms with Crippen molar-refractivity contribution in [2.75, 3.05) is 13.1 Å². The number of hydrogen-bond acceptors (Lipinski definition) is 5. The molecule has 3 atom stereocenters. The van der Waals surface area contributed by atoms with Gasteiger partial charge in [0, 0.05) is 32.0 Å². The van der Waals surface area contributed by atoms with E-state index in [0.717, 1.165) is 63.5 Å². The van der Waals surface area contributed by atoms with Gasteiger partial charge in [-0.3, -0.25) is 23.7 Å². The maximum Gasteiger partial charge on any atom is 0.399 e. The van der Waals surface area contributed by atoms with Gasteiger partial charge in [-0.25, -0.2) is 0 Å². The number of hydrogen-bond donors (Lipinski definition) is 5. The second kappa shape index (κ2) is 19.7. The van der Waals surface area contributed by atoms with E-state index in [9.17, 15) is 32.5 Å². The third-order valence-corrected chi connectivity index (χ3v) is 8.64. The Morgan fingerprint density at radius 2 is 1.35 bits per heavy atom. The van der Waals surface area contributed by atoms with Crippen molar-refractivity contribution in [2.45, 2.75) is 123 Å². The van der Waals surface area contributed by atoms with Gasteiger partial charge in [0.1, 0.15) is 18.1 Å². The van der Waals surface area contributed by atoms with E-state index in [1.54, 1.807) is 25.7 Å². The lowest BCUT2D eigenvalue weighted by atomic mass is 10.00. The van der Waals surface area contributed by atoms with Crippen molar-refractivity contribution >= 4 is 31.2 Å². The smallest absolute Gasteiger partial charge is 0.344 e. The average molecular weight is 675 g/mol. The minimum atomic E-state index is -5.76. The first kappa shape index (κ1) is 41.1. The van der Waals surface area contributed by atoms with Crippen LogP contribution in [0.2, 0.25) is 0 Å². The maximum absolute atomic E-state index is 14.1. The van der Waals surface area contributed by atoms with Crippen molar-refractivity contribution in [3.63, 3.8) is 0 Å². The van der Waals surface area contributed by atoms with Crippen LogP contribution in [0.25, 0.3) is 0 Å². The van der Waals surface area contributed by atoms with Crippen LogP contribution in [-0.2, 0) is 35.8 Å². The van der Waals surface area contributed by atoms with Crippen molar-refractivity contribution in [1.29, 1.82) is 0 Å². The van der Waals surface area contributed by atoms with Gasteiger partial charge in [0.15, 0.2) is 0 Å². The van der Waals surface area contributed by atoms with Crippen LogP contribution in [0, 0.1) is 5.92 Å². The minimum Gasteiger partial charge on any atom is -0.344 e. The van der Waals surface area contributed by atoms with Gasteiger partial charge in [-0.1, -0.05) is 90.5 Å². The highest BCUT2D eigenvalue weighted by Crippen LogP contribution is 2.59. The van der Waals surface area contributed by atoms with Gasteiger partial charge in [-0.2, -0.15) is 8.78 Å². The van der Waals surface area contributed by atoms with Crippen molar-refractivity contribution < 1.29 is 42.3 Å². The molecule has 0 radical (unpaired) electrons. The van der Waals surface area contributed by atoms with Crippen LogP contribution in [-0.4, -0.2) is 69.5 Å². The molecule has 0 unspecified atom stereocenters. The maximum atomic E-state index is 14.1. The monoisotopic (exact) mass is 674 g/mol. The van der Waals surface area contributed by atoms with E-state index < -0.39 is 60.6 Å². The molecule has 0 fully saturated rings. The predicted octanol–water partition coefficient (Wildman–Crippen LogP) is 4.60. The predicted molar refractivity (Wildman–Crippen MR) is 173 cm³/mol. The Labute approximate surface area is 271 Å². The van der Waals surface area contributed by atoms with Crippen molar-refractivity contribution in [1.82, 2.24) is 20.9 Å². The Hall–Kier alpha value is -2.89. The van der Waals surface area contributed by atoms with Crippen molar-refractivity contribution in [3.05, 3.63) is 35.4 Å². The van der Waals surface area contributed by atoms with E-state index in [-0.39, 0.29) is 12.3 Å². The van der Waals surface area contributed by atoms with Crippen molar-refractivity contribution in [3.8, 4) is 0 Å². The molecule has 0 spiro atoms. The van der Waals surface area contributed by atoms with Crippen LogP contribution in [0.4, 0.5) is 8.78 Å². The summed E-state index contributed by atoms with van der Waals surface area (Å²) in [7, 11) is -5.76. The van der Waals surface area contributed by atoms with Crippen LogP contribution >= 0.6 is 7.60 Å². The lowest BCUT2D eigenvalue weighted by Gasteiger charge is -2.29. The van der Waals surface area contributed by atoms with Gasteiger partial charge in [-0.05, 0) is 31.2 Å². The lowest BCUT2D eigenvalue weighted by molar-refractivity contribution is -0.137. The minimum absolute atomic E-state index is 0.153. The Morgan fingerprint density at radius 1 is 0.826 bits per heavy atom. The molecule has 0 bridgehead atoms. The lowest BCUT2D eigenvalue weighted by Crippen LogP contribution is -2.58. The summed E-state index contributed by atoms with van der Waals surface area (Å²) in [5.41, 5.74) is -4.97. The number of unbranched alkanes of at least 4 members (excludes halogenated alkanes) is 6. The molecule has 0 heterocycles. The molecule has 11 nitrogen and oxygen atoms in total. The Bertz CT molecular complexity index is 1170. The number of benzene rings is 1. The highest BCUT2D eigenvalue weighted by atomic mass is 31.2. The van der Waals surface area contributed by atoms with E-state index in [0.29, 0.717) is 18.7 Å². The molecule has 0 aliphatic rings. The second-order valence-electron chi connectivity index (χ2n) is 12.1. The fourth-order valence-corrected chi connectivity index (χ4v) is 5.40. The standard InChI is InChI=1S/C32H53F2N4O7P/c1-7-9-11-13-19-38(20-14-12-10-8-2)31(42)23(5)35-30(41)28(22(3)4)37-29(40)27(36-24(6)39)21-25-15-17-26(18-16-25)32(33,34)46(43,44)45/h15-18,22-23,27-28H,7-14,19-21H2,1-6H3,(H,35,41)(H,36,39)(H,37,40)(H2,43,44,45)/t23-,27-,28-/m0/s1. The Kier molecular flexibility index (Phi) is 17.6.